The Balaban J connectivity index is 1.70. The molecule has 1 atom stereocenters. The van der Waals surface area contributed by atoms with Gasteiger partial charge in [-0.1, -0.05) is 30.3 Å². The number of likely N-dealkylation sites (tertiary alicyclic amines) is 1. The van der Waals surface area contributed by atoms with Crippen LogP contribution < -0.4 is 0 Å². The first kappa shape index (κ1) is 15.1. The van der Waals surface area contributed by atoms with Crippen molar-refractivity contribution in [2.45, 2.75) is 25.8 Å². The predicted octanol–water partition coefficient (Wildman–Crippen LogP) is 1.03. The van der Waals surface area contributed by atoms with Crippen LogP contribution in [0.2, 0.25) is 0 Å². The Labute approximate surface area is 130 Å². The molecule has 118 valence electrons. The van der Waals surface area contributed by atoms with Gasteiger partial charge in [-0.2, -0.15) is 0 Å². The summed E-state index contributed by atoms with van der Waals surface area (Å²) in [5, 5.41) is 21.7. The molecule has 3 rings (SSSR count). The molecule has 22 heavy (non-hydrogen) atoms. The van der Waals surface area contributed by atoms with Crippen molar-refractivity contribution in [3.05, 3.63) is 41.7 Å². The fourth-order valence-electron chi connectivity index (χ4n) is 3.39. The zero-order valence-corrected chi connectivity index (χ0v) is 13.0. The molecule has 0 saturated carbocycles. The third-order valence-corrected chi connectivity index (χ3v) is 4.57. The van der Waals surface area contributed by atoms with E-state index in [0.29, 0.717) is 0 Å². The highest BCUT2D eigenvalue weighted by Gasteiger charge is 2.35. The summed E-state index contributed by atoms with van der Waals surface area (Å²) >= 11 is 0. The first-order valence-electron chi connectivity index (χ1n) is 7.79. The Morgan fingerprint density at radius 2 is 2.09 bits per heavy atom. The molecule has 2 aromatic rings. The van der Waals surface area contributed by atoms with Crippen molar-refractivity contribution >= 4 is 0 Å². The molecule has 1 aromatic heterocycles. The highest BCUT2D eigenvalue weighted by Crippen LogP contribution is 2.33. The van der Waals surface area contributed by atoms with Crippen molar-refractivity contribution in [1.29, 1.82) is 0 Å². The quantitative estimate of drug-likeness (QED) is 0.893. The molecular weight excluding hydrogens is 278 g/mol. The molecule has 1 aliphatic heterocycles. The van der Waals surface area contributed by atoms with Crippen LogP contribution in [0.3, 0.4) is 0 Å². The molecular formula is C16H23N5O. The van der Waals surface area contributed by atoms with Crippen LogP contribution in [0.5, 0.6) is 0 Å². The van der Waals surface area contributed by atoms with Gasteiger partial charge >= 0.3 is 0 Å². The number of hydrogen-bond donors (Lipinski definition) is 1. The molecule has 1 aromatic carbocycles. The molecule has 0 aliphatic carbocycles. The molecule has 1 fully saturated rings. The summed E-state index contributed by atoms with van der Waals surface area (Å²) in [4.78, 5) is 2.36. The van der Waals surface area contributed by atoms with E-state index in [1.54, 1.807) is 4.68 Å². The van der Waals surface area contributed by atoms with Gasteiger partial charge < -0.3 is 5.11 Å². The van der Waals surface area contributed by atoms with Crippen LogP contribution in [0.1, 0.15) is 24.2 Å². The van der Waals surface area contributed by atoms with Gasteiger partial charge in [-0.05, 0) is 41.8 Å². The number of hydrogen-bond acceptors (Lipinski definition) is 5. The van der Waals surface area contributed by atoms with E-state index in [9.17, 15) is 5.11 Å². The molecule has 2 heterocycles. The van der Waals surface area contributed by atoms with Gasteiger partial charge in [0.2, 0.25) is 0 Å². The topological polar surface area (TPSA) is 67.1 Å². The lowest BCUT2D eigenvalue weighted by molar-refractivity contribution is 0.0273. The zero-order valence-electron chi connectivity index (χ0n) is 13.0. The number of nitrogens with zero attached hydrogens (tertiary/aromatic N) is 5. The lowest BCUT2D eigenvalue weighted by Gasteiger charge is -2.41. The van der Waals surface area contributed by atoms with E-state index >= 15 is 0 Å². The van der Waals surface area contributed by atoms with Crippen LogP contribution in [0, 0.1) is 5.41 Å². The van der Waals surface area contributed by atoms with Crippen LogP contribution in [0.15, 0.2) is 30.3 Å². The summed E-state index contributed by atoms with van der Waals surface area (Å²) in [5.74, 6) is 0.869. The number of aliphatic hydroxyl groups is 1. The number of aromatic nitrogens is 4. The van der Waals surface area contributed by atoms with Crippen molar-refractivity contribution < 1.29 is 5.11 Å². The van der Waals surface area contributed by atoms with E-state index in [0.717, 1.165) is 44.7 Å². The second-order valence-corrected chi connectivity index (χ2v) is 6.35. The first-order valence-corrected chi connectivity index (χ1v) is 7.79. The minimum absolute atomic E-state index is 0.0639. The van der Waals surface area contributed by atoms with Gasteiger partial charge in [-0.25, -0.2) is 4.68 Å². The van der Waals surface area contributed by atoms with Crippen molar-refractivity contribution in [1.82, 2.24) is 25.1 Å². The van der Waals surface area contributed by atoms with Crippen LogP contribution >= 0.6 is 0 Å². The largest absolute Gasteiger partial charge is 0.396 e. The summed E-state index contributed by atoms with van der Waals surface area (Å²) in [5.41, 5.74) is 1.23. The number of tetrazole rings is 1. The molecule has 0 spiro atoms. The van der Waals surface area contributed by atoms with Crippen molar-refractivity contribution in [3.63, 3.8) is 0 Å². The van der Waals surface area contributed by atoms with Crippen LogP contribution in [-0.2, 0) is 20.0 Å². The SMILES string of the molecule is Cn1nnnc1CN1CCCC(CO)(Cc2ccccc2)C1. The van der Waals surface area contributed by atoms with Gasteiger partial charge in [-0.3, -0.25) is 4.90 Å². The third-order valence-electron chi connectivity index (χ3n) is 4.57. The van der Waals surface area contributed by atoms with Gasteiger partial charge in [0.15, 0.2) is 5.82 Å². The van der Waals surface area contributed by atoms with E-state index in [1.165, 1.54) is 5.56 Å². The Kier molecular flexibility index (Phi) is 4.49. The molecule has 1 unspecified atom stereocenters. The average molecular weight is 301 g/mol. The number of aryl methyl sites for hydroxylation is 1. The van der Waals surface area contributed by atoms with Crippen LogP contribution in [-0.4, -0.2) is 49.9 Å². The monoisotopic (exact) mass is 301 g/mol. The van der Waals surface area contributed by atoms with E-state index in [1.807, 2.05) is 13.1 Å². The average Bonchev–Trinajstić information content (AvgIpc) is 2.94. The molecule has 1 saturated heterocycles. The molecule has 0 radical (unpaired) electrons. The second kappa shape index (κ2) is 6.54. The summed E-state index contributed by atoms with van der Waals surface area (Å²) in [6, 6.07) is 10.4. The lowest BCUT2D eigenvalue weighted by Crippen LogP contribution is -2.46. The minimum Gasteiger partial charge on any atom is -0.396 e. The Morgan fingerprint density at radius 3 is 2.77 bits per heavy atom. The summed E-state index contributed by atoms with van der Waals surface area (Å²) < 4.78 is 1.71. The van der Waals surface area contributed by atoms with Gasteiger partial charge in [-0.15, -0.1) is 5.10 Å². The molecule has 0 bridgehead atoms. The Bertz CT molecular complexity index is 600. The van der Waals surface area contributed by atoms with E-state index in [4.69, 9.17) is 0 Å². The number of aliphatic hydroxyl groups excluding tert-OH is 1. The van der Waals surface area contributed by atoms with Crippen molar-refractivity contribution in [2.75, 3.05) is 19.7 Å². The van der Waals surface area contributed by atoms with E-state index < -0.39 is 0 Å². The fraction of sp³-hybridized carbons (Fsp3) is 0.562. The lowest BCUT2D eigenvalue weighted by atomic mass is 9.76. The molecule has 6 heteroatoms. The van der Waals surface area contributed by atoms with E-state index in [2.05, 4.69) is 44.7 Å². The third kappa shape index (κ3) is 3.34. The first-order chi connectivity index (χ1) is 10.7. The highest BCUT2D eigenvalue weighted by atomic mass is 16.3. The van der Waals surface area contributed by atoms with Gasteiger partial charge in [0.25, 0.3) is 0 Å². The smallest absolute Gasteiger partial charge is 0.164 e. The normalized spacial score (nSPS) is 22.8. The Hall–Kier alpha value is -1.79. The molecule has 6 nitrogen and oxygen atoms in total. The van der Waals surface area contributed by atoms with Gasteiger partial charge in [0.1, 0.15) is 0 Å². The van der Waals surface area contributed by atoms with E-state index in [-0.39, 0.29) is 12.0 Å². The maximum Gasteiger partial charge on any atom is 0.164 e. The van der Waals surface area contributed by atoms with Crippen molar-refractivity contribution in [2.24, 2.45) is 12.5 Å². The minimum atomic E-state index is -0.0639. The molecule has 1 N–H and O–H groups in total. The number of piperidine rings is 1. The van der Waals surface area contributed by atoms with Crippen molar-refractivity contribution in [3.8, 4) is 0 Å². The van der Waals surface area contributed by atoms with Crippen LogP contribution in [0.4, 0.5) is 0 Å². The maximum atomic E-state index is 10.0. The predicted molar refractivity (Wildman–Crippen MR) is 83.0 cm³/mol. The summed E-state index contributed by atoms with van der Waals surface area (Å²) in [7, 11) is 1.86. The van der Waals surface area contributed by atoms with Crippen LogP contribution in [0.25, 0.3) is 0 Å². The highest BCUT2D eigenvalue weighted by molar-refractivity contribution is 5.17. The Morgan fingerprint density at radius 1 is 1.27 bits per heavy atom. The van der Waals surface area contributed by atoms with Gasteiger partial charge in [0.05, 0.1) is 13.2 Å². The molecule has 0 amide bonds. The summed E-state index contributed by atoms with van der Waals surface area (Å²) in [6.07, 6.45) is 3.07. The second-order valence-electron chi connectivity index (χ2n) is 6.35. The fourth-order valence-corrected chi connectivity index (χ4v) is 3.39. The zero-order chi connectivity index (χ0) is 15.4. The standard InChI is InChI=1S/C16H23N5O/c1-20-15(17-18-19-20)11-21-9-5-8-16(12-21,13-22)10-14-6-3-2-4-7-14/h2-4,6-7,22H,5,8-13H2,1H3. The summed E-state index contributed by atoms with van der Waals surface area (Å²) in [6.45, 7) is 2.87. The van der Waals surface area contributed by atoms with Gasteiger partial charge in [0, 0.05) is 19.0 Å². The maximum absolute atomic E-state index is 10.0. The number of benzene rings is 1. The number of rotatable bonds is 5. The molecule has 1 aliphatic rings.